The van der Waals surface area contributed by atoms with Crippen LogP contribution in [0, 0.1) is 6.92 Å². The van der Waals surface area contributed by atoms with Crippen LogP contribution in [0.4, 0.5) is 11.4 Å². The molecule has 2 amide bonds. The number of anilines is 2. The number of benzene rings is 2. The standard InChI is InChI=1S/C16H14Cl2N2O2/c1-10-4-2-5-11(8-10)19-14(21)9-15(22)20-13-7-3-6-12(17)16(13)18/h2-8H,9H2,1H3,(H,19,21)(H,20,22). The zero-order chi connectivity index (χ0) is 16.1. The van der Waals surface area contributed by atoms with Crippen molar-refractivity contribution in [3.05, 3.63) is 58.1 Å². The van der Waals surface area contributed by atoms with E-state index in [1.807, 2.05) is 25.1 Å². The van der Waals surface area contributed by atoms with Crippen LogP contribution < -0.4 is 10.6 Å². The molecule has 0 spiro atoms. The van der Waals surface area contributed by atoms with Gasteiger partial charge in [0, 0.05) is 5.69 Å². The van der Waals surface area contributed by atoms with Gasteiger partial charge in [-0.25, -0.2) is 0 Å². The maximum absolute atomic E-state index is 11.9. The zero-order valence-corrected chi connectivity index (χ0v) is 13.3. The molecule has 0 saturated heterocycles. The summed E-state index contributed by atoms with van der Waals surface area (Å²) in [4.78, 5) is 23.7. The second-order valence-electron chi connectivity index (χ2n) is 4.74. The van der Waals surface area contributed by atoms with Crippen molar-refractivity contribution in [3.63, 3.8) is 0 Å². The molecule has 0 unspecified atom stereocenters. The number of nitrogens with one attached hydrogen (secondary N) is 2. The summed E-state index contributed by atoms with van der Waals surface area (Å²) >= 11 is 11.8. The summed E-state index contributed by atoms with van der Waals surface area (Å²) in [5.74, 6) is -0.865. The molecule has 0 fully saturated rings. The number of halogens is 2. The van der Waals surface area contributed by atoms with Crippen LogP contribution in [0.1, 0.15) is 12.0 Å². The third-order valence-corrected chi connectivity index (χ3v) is 3.67. The van der Waals surface area contributed by atoms with Gasteiger partial charge in [0.15, 0.2) is 0 Å². The Bertz CT molecular complexity index is 717. The molecule has 2 N–H and O–H groups in total. The van der Waals surface area contributed by atoms with Crippen molar-refractivity contribution in [2.24, 2.45) is 0 Å². The number of aryl methyl sites for hydroxylation is 1. The third-order valence-electron chi connectivity index (χ3n) is 2.85. The zero-order valence-electron chi connectivity index (χ0n) is 11.8. The van der Waals surface area contributed by atoms with Crippen LogP contribution in [-0.4, -0.2) is 11.8 Å². The largest absolute Gasteiger partial charge is 0.326 e. The first-order chi connectivity index (χ1) is 10.5. The van der Waals surface area contributed by atoms with Gasteiger partial charge in [-0.1, -0.05) is 41.4 Å². The molecule has 4 nitrogen and oxygen atoms in total. The normalized spacial score (nSPS) is 10.1. The number of hydrogen-bond acceptors (Lipinski definition) is 2. The lowest BCUT2D eigenvalue weighted by molar-refractivity contribution is -0.123. The minimum Gasteiger partial charge on any atom is -0.326 e. The molecule has 0 aromatic heterocycles. The van der Waals surface area contributed by atoms with E-state index in [2.05, 4.69) is 10.6 Å². The van der Waals surface area contributed by atoms with Gasteiger partial charge < -0.3 is 10.6 Å². The molecule has 0 aliphatic heterocycles. The predicted octanol–water partition coefficient (Wildman–Crippen LogP) is 4.27. The van der Waals surface area contributed by atoms with Crippen molar-refractivity contribution in [2.45, 2.75) is 13.3 Å². The lowest BCUT2D eigenvalue weighted by atomic mass is 10.2. The van der Waals surface area contributed by atoms with E-state index < -0.39 is 11.8 Å². The van der Waals surface area contributed by atoms with Crippen LogP contribution in [0.15, 0.2) is 42.5 Å². The monoisotopic (exact) mass is 336 g/mol. The predicted molar refractivity (Wildman–Crippen MR) is 89.5 cm³/mol. The quantitative estimate of drug-likeness (QED) is 0.819. The number of amides is 2. The van der Waals surface area contributed by atoms with Crippen LogP contribution in [-0.2, 0) is 9.59 Å². The molecule has 0 aliphatic rings. The lowest BCUT2D eigenvalue weighted by Crippen LogP contribution is -2.21. The number of rotatable bonds is 4. The highest BCUT2D eigenvalue weighted by molar-refractivity contribution is 6.44. The average Bonchev–Trinajstić information content (AvgIpc) is 2.43. The molecule has 0 aliphatic carbocycles. The summed E-state index contributed by atoms with van der Waals surface area (Å²) in [6.45, 7) is 1.92. The van der Waals surface area contributed by atoms with E-state index in [0.717, 1.165) is 5.56 Å². The van der Waals surface area contributed by atoms with Crippen LogP contribution in [0.25, 0.3) is 0 Å². The molecule has 0 atom stereocenters. The Hall–Kier alpha value is -2.04. The second-order valence-corrected chi connectivity index (χ2v) is 5.53. The highest BCUT2D eigenvalue weighted by atomic mass is 35.5. The maximum Gasteiger partial charge on any atom is 0.233 e. The number of carbonyl (C=O) groups is 2. The molecule has 22 heavy (non-hydrogen) atoms. The van der Waals surface area contributed by atoms with Gasteiger partial charge in [0.2, 0.25) is 11.8 Å². The number of hydrogen-bond donors (Lipinski definition) is 2. The molecule has 2 aromatic rings. The average molecular weight is 337 g/mol. The summed E-state index contributed by atoms with van der Waals surface area (Å²) in [5.41, 5.74) is 2.05. The molecule has 114 valence electrons. The molecule has 0 heterocycles. The molecule has 0 bridgehead atoms. The van der Waals surface area contributed by atoms with Crippen molar-refractivity contribution in [3.8, 4) is 0 Å². The number of carbonyl (C=O) groups excluding carboxylic acids is 2. The summed E-state index contributed by atoms with van der Waals surface area (Å²) in [5, 5.41) is 5.81. The fraction of sp³-hybridized carbons (Fsp3) is 0.125. The van der Waals surface area contributed by atoms with Gasteiger partial charge >= 0.3 is 0 Å². The first-order valence-electron chi connectivity index (χ1n) is 6.56. The van der Waals surface area contributed by atoms with Crippen molar-refractivity contribution in [1.29, 1.82) is 0 Å². The Labute approximate surface area is 138 Å². The highest BCUT2D eigenvalue weighted by Crippen LogP contribution is 2.29. The lowest BCUT2D eigenvalue weighted by Gasteiger charge is -2.09. The van der Waals surface area contributed by atoms with E-state index >= 15 is 0 Å². The molecular formula is C16H14Cl2N2O2. The SMILES string of the molecule is Cc1cccc(NC(=O)CC(=O)Nc2cccc(Cl)c2Cl)c1. The summed E-state index contributed by atoms with van der Waals surface area (Å²) in [6.07, 6.45) is -0.309. The van der Waals surface area contributed by atoms with E-state index in [9.17, 15) is 9.59 Å². The Balaban J connectivity index is 1.94. The second kappa shape index (κ2) is 7.29. The minimum absolute atomic E-state index is 0.247. The van der Waals surface area contributed by atoms with Crippen LogP contribution in [0.5, 0.6) is 0 Å². The van der Waals surface area contributed by atoms with E-state index in [-0.39, 0.29) is 11.4 Å². The molecular weight excluding hydrogens is 323 g/mol. The molecule has 2 rings (SSSR count). The Morgan fingerprint density at radius 3 is 2.41 bits per heavy atom. The van der Waals surface area contributed by atoms with E-state index in [0.29, 0.717) is 16.4 Å². The fourth-order valence-electron chi connectivity index (χ4n) is 1.87. The van der Waals surface area contributed by atoms with Crippen molar-refractivity contribution in [2.75, 3.05) is 10.6 Å². The van der Waals surface area contributed by atoms with Gasteiger partial charge in [0.05, 0.1) is 15.7 Å². The molecule has 0 saturated carbocycles. The molecule has 0 radical (unpaired) electrons. The van der Waals surface area contributed by atoms with Gasteiger partial charge in [-0.2, -0.15) is 0 Å². The van der Waals surface area contributed by atoms with E-state index in [1.54, 1.807) is 24.3 Å². The highest BCUT2D eigenvalue weighted by Gasteiger charge is 2.12. The van der Waals surface area contributed by atoms with Crippen LogP contribution in [0.3, 0.4) is 0 Å². The van der Waals surface area contributed by atoms with E-state index in [4.69, 9.17) is 23.2 Å². The van der Waals surface area contributed by atoms with E-state index in [1.165, 1.54) is 0 Å². The summed E-state index contributed by atoms with van der Waals surface area (Å²) in [7, 11) is 0. The molecule has 6 heteroatoms. The van der Waals surface area contributed by atoms with Crippen LogP contribution >= 0.6 is 23.2 Å². The summed E-state index contributed by atoms with van der Waals surface area (Å²) in [6, 6.07) is 12.2. The first kappa shape index (κ1) is 16.3. The Morgan fingerprint density at radius 2 is 1.68 bits per heavy atom. The van der Waals surface area contributed by atoms with Gasteiger partial charge in [-0.3, -0.25) is 9.59 Å². The van der Waals surface area contributed by atoms with Crippen molar-refractivity contribution in [1.82, 2.24) is 0 Å². The fourth-order valence-corrected chi connectivity index (χ4v) is 2.22. The Kier molecular flexibility index (Phi) is 5.41. The minimum atomic E-state index is -0.464. The molecule has 2 aromatic carbocycles. The van der Waals surface area contributed by atoms with Crippen molar-refractivity contribution >= 4 is 46.4 Å². The maximum atomic E-state index is 11.9. The van der Waals surface area contributed by atoms with Gasteiger partial charge in [-0.05, 0) is 36.8 Å². The van der Waals surface area contributed by atoms with Crippen molar-refractivity contribution < 1.29 is 9.59 Å². The van der Waals surface area contributed by atoms with Crippen LogP contribution in [0.2, 0.25) is 10.0 Å². The van der Waals surface area contributed by atoms with Gasteiger partial charge in [0.25, 0.3) is 0 Å². The smallest absolute Gasteiger partial charge is 0.233 e. The first-order valence-corrected chi connectivity index (χ1v) is 7.31. The van der Waals surface area contributed by atoms with Gasteiger partial charge in [-0.15, -0.1) is 0 Å². The third kappa shape index (κ3) is 4.48. The Morgan fingerprint density at radius 1 is 1.00 bits per heavy atom. The topological polar surface area (TPSA) is 58.2 Å². The summed E-state index contributed by atoms with van der Waals surface area (Å²) < 4.78 is 0. The van der Waals surface area contributed by atoms with Gasteiger partial charge in [0.1, 0.15) is 6.42 Å².